The number of amides is 2. The molecule has 0 aliphatic carbocycles. The summed E-state index contributed by atoms with van der Waals surface area (Å²) in [6.07, 6.45) is 1.66. The lowest BCUT2D eigenvalue weighted by Gasteiger charge is -2.34. The molecule has 0 aliphatic heterocycles. The number of anilines is 1. The van der Waals surface area contributed by atoms with Gasteiger partial charge >= 0.3 is 0 Å². The standard InChI is InChI=1S/C32H40ClN3O4S/c1-6-25(5)34-32(38)30(7-2)35(20-19-26-11-9-8-10-12-26)31(37)22-36(28-16-13-23(3)24(4)21-28)41(39,40)29-17-14-27(33)15-18-29/h8-18,21,25,30H,6-7,19-20,22H2,1-5H3,(H,34,38). The maximum absolute atomic E-state index is 14.1. The van der Waals surface area contributed by atoms with Crippen LogP contribution in [0.1, 0.15) is 50.3 Å². The van der Waals surface area contributed by atoms with Gasteiger partial charge in [0.25, 0.3) is 10.0 Å². The molecule has 0 aromatic heterocycles. The molecule has 9 heteroatoms. The minimum Gasteiger partial charge on any atom is -0.352 e. The second-order valence-electron chi connectivity index (χ2n) is 10.3. The first kappa shape index (κ1) is 32.2. The predicted octanol–water partition coefficient (Wildman–Crippen LogP) is 5.92. The van der Waals surface area contributed by atoms with Gasteiger partial charge in [0.1, 0.15) is 12.6 Å². The maximum atomic E-state index is 14.1. The number of halogens is 1. The fourth-order valence-corrected chi connectivity index (χ4v) is 6.01. The molecular formula is C32H40ClN3O4S. The van der Waals surface area contributed by atoms with Gasteiger partial charge in [-0.1, -0.05) is 61.8 Å². The van der Waals surface area contributed by atoms with Crippen LogP contribution in [0.5, 0.6) is 0 Å². The Morgan fingerprint density at radius 1 is 0.902 bits per heavy atom. The Morgan fingerprint density at radius 3 is 2.15 bits per heavy atom. The van der Waals surface area contributed by atoms with E-state index >= 15 is 0 Å². The van der Waals surface area contributed by atoms with E-state index in [1.165, 1.54) is 29.2 Å². The normalized spacial score (nSPS) is 12.8. The molecule has 0 spiro atoms. The van der Waals surface area contributed by atoms with Gasteiger partial charge < -0.3 is 10.2 Å². The Kier molecular flexibility index (Phi) is 11.4. The van der Waals surface area contributed by atoms with Crippen LogP contribution in [0.25, 0.3) is 0 Å². The summed E-state index contributed by atoms with van der Waals surface area (Å²) >= 11 is 6.03. The van der Waals surface area contributed by atoms with E-state index in [1.54, 1.807) is 12.1 Å². The average molecular weight is 598 g/mol. The van der Waals surface area contributed by atoms with Gasteiger partial charge in [-0.2, -0.15) is 0 Å². The van der Waals surface area contributed by atoms with E-state index in [-0.39, 0.29) is 23.4 Å². The quantitative estimate of drug-likeness (QED) is 0.265. The van der Waals surface area contributed by atoms with Crippen molar-refractivity contribution in [2.24, 2.45) is 0 Å². The van der Waals surface area contributed by atoms with Crippen molar-refractivity contribution in [1.29, 1.82) is 0 Å². The van der Waals surface area contributed by atoms with Crippen molar-refractivity contribution in [1.82, 2.24) is 10.2 Å². The largest absolute Gasteiger partial charge is 0.352 e. The summed E-state index contributed by atoms with van der Waals surface area (Å²) in [6.45, 7) is 9.39. The van der Waals surface area contributed by atoms with E-state index in [9.17, 15) is 18.0 Å². The second-order valence-corrected chi connectivity index (χ2v) is 12.6. The summed E-state index contributed by atoms with van der Waals surface area (Å²) in [5, 5.41) is 3.40. The van der Waals surface area contributed by atoms with Crippen LogP contribution in [-0.2, 0) is 26.0 Å². The smallest absolute Gasteiger partial charge is 0.264 e. The summed E-state index contributed by atoms with van der Waals surface area (Å²) in [7, 11) is -4.15. The molecular weight excluding hydrogens is 558 g/mol. The molecule has 0 saturated heterocycles. The van der Waals surface area contributed by atoms with E-state index in [0.717, 1.165) is 27.4 Å². The van der Waals surface area contributed by atoms with Crippen LogP contribution >= 0.6 is 11.6 Å². The summed E-state index contributed by atoms with van der Waals surface area (Å²) in [4.78, 5) is 29.0. The maximum Gasteiger partial charge on any atom is 0.264 e. The Morgan fingerprint density at radius 2 is 1.56 bits per heavy atom. The van der Waals surface area contributed by atoms with Crippen LogP contribution in [0, 0.1) is 13.8 Å². The van der Waals surface area contributed by atoms with Crippen LogP contribution < -0.4 is 9.62 Å². The SMILES string of the molecule is CCC(C)NC(=O)C(CC)N(CCc1ccccc1)C(=O)CN(c1ccc(C)c(C)c1)S(=O)(=O)c1ccc(Cl)cc1. The van der Waals surface area contributed by atoms with Crippen molar-refractivity contribution in [3.05, 3.63) is 94.5 Å². The second kappa shape index (κ2) is 14.5. The highest BCUT2D eigenvalue weighted by Crippen LogP contribution is 2.27. The number of carbonyl (C=O) groups excluding carboxylic acids is 2. The minimum atomic E-state index is -4.15. The number of hydrogen-bond donors (Lipinski definition) is 1. The number of rotatable bonds is 13. The molecule has 0 bridgehead atoms. The number of hydrogen-bond acceptors (Lipinski definition) is 4. The molecule has 3 rings (SSSR count). The van der Waals surface area contributed by atoms with Crippen LogP contribution in [0.15, 0.2) is 77.7 Å². The van der Waals surface area contributed by atoms with Gasteiger partial charge in [0.05, 0.1) is 10.6 Å². The predicted molar refractivity (Wildman–Crippen MR) is 166 cm³/mol. The summed E-state index contributed by atoms with van der Waals surface area (Å²) in [5.74, 6) is -0.704. The third-order valence-corrected chi connectivity index (χ3v) is 9.37. The summed E-state index contributed by atoms with van der Waals surface area (Å²) in [5.41, 5.74) is 3.28. The van der Waals surface area contributed by atoms with Crippen molar-refractivity contribution in [3.63, 3.8) is 0 Å². The van der Waals surface area contributed by atoms with Crippen LogP contribution in [-0.4, -0.2) is 50.3 Å². The van der Waals surface area contributed by atoms with Gasteiger partial charge in [-0.15, -0.1) is 0 Å². The Labute approximate surface area is 249 Å². The molecule has 0 saturated carbocycles. The first-order valence-corrected chi connectivity index (χ1v) is 15.8. The van der Waals surface area contributed by atoms with E-state index in [2.05, 4.69) is 5.32 Å². The number of nitrogens with zero attached hydrogens (tertiary/aromatic N) is 2. The fourth-order valence-electron chi connectivity index (χ4n) is 4.48. The highest BCUT2D eigenvalue weighted by Gasteiger charge is 2.33. The Balaban J connectivity index is 2.03. The molecule has 3 aromatic rings. The molecule has 0 radical (unpaired) electrons. The van der Waals surface area contributed by atoms with Crippen molar-refractivity contribution < 1.29 is 18.0 Å². The minimum absolute atomic E-state index is 0.0188. The van der Waals surface area contributed by atoms with E-state index < -0.39 is 28.5 Å². The number of sulfonamides is 1. The lowest BCUT2D eigenvalue weighted by Crippen LogP contribution is -2.54. The highest BCUT2D eigenvalue weighted by molar-refractivity contribution is 7.92. The van der Waals surface area contributed by atoms with Crippen LogP contribution in [0.2, 0.25) is 5.02 Å². The summed E-state index contributed by atoms with van der Waals surface area (Å²) in [6, 6.07) is 20.1. The zero-order valence-electron chi connectivity index (χ0n) is 24.4. The molecule has 2 unspecified atom stereocenters. The van der Waals surface area contributed by atoms with Crippen LogP contribution in [0.3, 0.4) is 0 Å². The molecule has 2 amide bonds. The average Bonchev–Trinajstić information content (AvgIpc) is 2.95. The van der Waals surface area contributed by atoms with Gasteiger partial charge in [0.2, 0.25) is 11.8 Å². The lowest BCUT2D eigenvalue weighted by molar-refractivity contribution is -0.139. The number of nitrogens with one attached hydrogen (secondary N) is 1. The Hall–Kier alpha value is -3.36. The molecule has 7 nitrogen and oxygen atoms in total. The van der Waals surface area contributed by atoms with Crippen molar-refractivity contribution in [2.45, 2.75) is 70.9 Å². The molecule has 0 fully saturated rings. The van der Waals surface area contributed by atoms with Gasteiger partial charge in [-0.05, 0) is 93.1 Å². The fraction of sp³-hybridized carbons (Fsp3) is 0.375. The molecule has 1 N–H and O–H groups in total. The third-order valence-electron chi connectivity index (χ3n) is 7.33. The Bertz CT molecular complexity index is 1430. The third kappa shape index (κ3) is 8.33. The molecule has 0 heterocycles. The van der Waals surface area contributed by atoms with E-state index in [0.29, 0.717) is 23.6 Å². The van der Waals surface area contributed by atoms with Gasteiger partial charge in [-0.25, -0.2) is 8.42 Å². The highest BCUT2D eigenvalue weighted by atomic mass is 35.5. The molecule has 3 aromatic carbocycles. The van der Waals surface area contributed by atoms with Gasteiger partial charge in [-0.3, -0.25) is 13.9 Å². The molecule has 0 aliphatic rings. The molecule has 2 atom stereocenters. The van der Waals surface area contributed by atoms with E-state index in [1.807, 2.05) is 71.0 Å². The van der Waals surface area contributed by atoms with Gasteiger partial charge in [0.15, 0.2) is 0 Å². The van der Waals surface area contributed by atoms with E-state index in [4.69, 9.17) is 11.6 Å². The van der Waals surface area contributed by atoms with Crippen LogP contribution in [0.4, 0.5) is 5.69 Å². The van der Waals surface area contributed by atoms with Crippen molar-refractivity contribution in [2.75, 3.05) is 17.4 Å². The number of aryl methyl sites for hydroxylation is 2. The topological polar surface area (TPSA) is 86.8 Å². The first-order chi connectivity index (χ1) is 19.5. The zero-order chi connectivity index (χ0) is 30.2. The first-order valence-electron chi connectivity index (χ1n) is 14.0. The summed E-state index contributed by atoms with van der Waals surface area (Å²) < 4.78 is 29.1. The molecule has 220 valence electrons. The van der Waals surface area contributed by atoms with Crippen molar-refractivity contribution >= 4 is 39.1 Å². The van der Waals surface area contributed by atoms with Crippen molar-refractivity contribution in [3.8, 4) is 0 Å². The molecule has 41 heavy (non-hydrogen) atoms. The number of carbonyl (C=O) groups is 2. The monoisotopic (exact) mass is 597 g/mol. The number of benzene rings is 3. The van der Waals surface area contributed by atoms with Gasteiger partial charge in [0, 0.05) is 17.6 Å². The lowest BCUT2D eigenvalue weighted by atomic mass is 10.1. The zero-order valence-corrected chi connectivity index (χ0v) is 26.0.